The van der Waals surface area contributed by atoms with Crippen molar-refractivity contribution in [3.63, 3.8) is 0 Å². The molecule has 0 aliphatic heterocycles. The van der Waals surface area contributed by atoms with E-state index in [2.05, 4.69) is 0 Å². The summed E-state index contributed by atoms with van der Waals surface area (Å²) in [6.07, 6.45) is 2.71. The third-order valence-corrected chi connectivity index (χ3v) is 7.34. The standard InChI is InChI=1S/C22H27NO4S/c1-17-7-13-21(14-8-17)28(26,27)23(15-18-5-3-2-4-6-18)16-19-9-11-20(12-10-19)22(24)25/h2-8,13-14,19-20H,9-12,15-16H2,1H3,(H,24,25). The molecule has 0 atom stereocenters. The summed E-state index contributed by atoms with van der Waals surface area (Å²) in [6.45, 7) is 2.66. The van der Waals surface area contributed by atoms with Crippen LogP contribution in [0.1, 0.15) is 36.8 Å². The Balaban J connectivity index is 1.81. The first kappa shape index (κ1) is 20.6. The molecule has 0 heterocycles. The average molecular weight is 402 g/mol. The van der Waals surface area contributed by atoms with E-state index in [1.165, 1.54) is 0 Å². The maximum atomic E-state index is 13.3. The third-order valence-electron chi connectivity index (χ3n) is 5.52. The molecule has 1 saturated carbocycles. The van der Waals surface area contributed by atoms with Crippen molar-refractivity contribution in [3.8, 4) is 0 Å². The lowest BCUT2D eigenvalue weighted by Gasteiger charge is -2.31. The van der Waals surface area contributed by atoms with Gasteiger partial charge in [-0.15, -0.1) is 0 Å². The molecule has 0 aromatic heterocycles. The van der Waals surface area contributed by atoms with Crippen LogP contribution >= 0.6 is 0 Å². The van der Waals surface area contributed by atoms with E-state index >= 15 is 0 Å². The second kappa shape index (κ2) is 8.88. The van der Waals surface area contributed by atoms with Gasteiger partial charge in [0, 0.05) is 13.1 Å². The van der Waals surface area contributed by atoms with Crippen LogP contribution in [-0.4, -0.2) is 30.3 Å². The van der Waals surface area contributed by atoms with Gasteiger partial charge < -0.3 is 5.11 Å². The molecule has 0 saturated heterocycles. The van der Waals surface area contributed by atoms with Crippen LogP contribution in [0.5, 0.6) is 0 Å². The molecule has 0 bridgehead atoms. The summed E-state index contributed by atoms with van der Waals surface area (Å²) in [5.74, 6) is -0.862. The van der Waals surface area contributed by atoms with Crippen molar-refractivity contribution < 1.29 is 18.3 Å². The first-order valence-corrected chi connectivity index (χ1v) is 11.1. The summed E-state index contributed by atoms with van der Waals surface area (Å²) in [5.41, 5.74) is 1.96. The number of hydrogen-bond acceptors (Lipinski definition) is 3. The molecule has 5 nitrogen and oxygen atoms in total. The maximum Gasteiger partial charge on any atom is 0.306 e. The van der Waals surface area contributed by atoms with Crippen LogP contribution in [0.2, 0.25) is 0 Å². The van der Waals surface area contributed by atoms with Crippen LogP contribution in [0.15, 0.2) is 59.5 Å². The van der Waals surface area contributed by atoms with Gasteiger partial charge in [-0.3, -0.25) is 4.79 Å². The van der Waals surface area contributed by atoms with Crippen LogP contribution in [0.3, 0.4) is 0 Å². The van der Waals surface area contributed by atoms with Crippen LogP contribution < -0.4 is 0 Å². The summed E-state index contributed by atoms with van der Waals surface area (Å²) in [5, 5.41) is 9.20. The highest BCUT2D eigenvalue weighted by Crippen LogP contribution is 2.31. The highest BCUT2D eigenvalue weighted by atomic mass is 32.2. The van der Waals surface area contributed by atoms with E-state index in [0.29, 0.717) is 30.8 Å². The van der Waals surface area contributed by atoms with Crippen molar-refractivity contribution in [1.29, 1.82) is 0 Å². The van der Waals surface area contributed by atoms with Gasteiger partial charge in [-0.25, -0.2) is 8.42 Å². The molecule has 0 amide bonds. The van der Waals surface area contributed by atoms with E-state index in [9.17, 15) is 18.3 Å². The van der Waals surface area contributed by atoms with E-state index in [0.717, 1.165) is 24.0 Å². The van der Waals surface area contributed by atoms with Crippen molar-refractivity contribution in [2.45, 2.75) is 44.0 Å². The van der Waals surface area contributed by atoms with Crippen molar-refractivity contribution in [3.05, 3.63) is 65.7 Å². The number of hydrogen-bond donors (Lipinski definition) is 1. The normalized spacial score (nSPS) is 20.2. The Morgan fingerprint density at radius 3 is 2.18 bits per heavy atom. The number of aliphatic carboxylic acids is 1. The van der Waals surface area contributed by atoms with Crippen LogP contribution in [0.4, 0.5) is 0 Å². The van der Waals surface area contributed by atoms with E-state index in [-0.39, 0.29) is 11.8 Å². The molecule has 0 spiro atoms. The van der Waals surface area contributed by atoms with Gasteiger partial charge in [-0.05, 0) is 56.2 Å². The Labute approximate surface area is 167 Å². The number of nitrogens with zero attached hydrogens (tertiary/aromatic N) is 1. The minimum Gasteiger partial charge on any atom is -0.481 e. The molecule has 6 heteroatoms. The highest BCUT2D eigenvalue weighted by Gasteiger charge is 2.31. The minimum absolute atomic E-state index is 0.180. The molecule has 1 aliphatic rings. The Morgan fingerprint density at radius 2 is 1.61 bits per heavy atom. The fourth-order valence-electron chi connectivity index (χ4n) is 3.77. The van der Waals surface area contributed by atoms with Gasteiger partial charge in [0.1, 0.15) is 0 Å². The molecular formula is C22H27NO4S. The lowest BCUT2D eigenvalue weighted by Crippen LogP contribution is -2.36. The predicted octanol–water partition coefficient (Wildman–Crippen LogP) is 4.08. The Bertz CT molecular complexity index is 886. The lowest BCUT2D eigenvalue weighted by atomic mass is 9.82. The van der Waals surface area contributed by atoms with Crippen molar-refractivity contribution in [2.24, 2.45) is 11.8 Å². The summed E-state index contributed by atoms with van der Waals surface area (Å²) >= 11 is 0. The Hall–Kier alpha value is -2.18. The van der Waals surface area contributed by atoms with Gasteiger partial charge in [0.25, 0.3) is 0 Å². The van der Waals surface area contributed by atoms with Crippen molar-refractivity contribution in [2.75, 3.05) is 6.54 Å². The molecule has 1 aliphatic carbocycles. The number of rotatable bonds is 7. The van der Waals surface area contributed by atoms with E-state index in [1.54, 1.807) is 16.4 Å². The molecule has 1 N–H and O–H groups in total. The second-order valence-electron chi connectivity index (χ2n) is 7.65. The largest absolute Gasteiger partial charge is 0.481 e. The molecule has 1 fully saturated rings. The first-order valence-electron chi connectivity index (χ1n) is 9.70. The number of benzene rings is 2. The van der Waals surface area contributed by atoms with Crippen LogP contribution in [-0.2, 0) is 21.4 Å². The van der Waals surface area contributed by atoms with Gasteiger partial charge in [0.05, 0.1) is 10.8 Å². The van der Waals surface area contributed by atoms with Crippen molar-refractivity contribution in [1.82, 2.24) is 4.31 Å². The molecule has 28 heavy (non-hydrogen) atoms. The monoisotopic (exact) mass is 401 g/mol. The third kappa shape index (κ3) is 5.00. The zero-order chi connectivity index (χ0) is 20.1. The molecule has 2 aromatic carbocycles. The molecule has 3 rings (SSSR count). The number of carboxylic acids is 1. The van der Waals surface area contributed by atoms with Crippen LogP contribution in [0.25, 0.3) is 0 Å². The fraction of sp³-hybridized carbons (Fsp3) is 0.409. The van der Waals surface area contributed by atoms with E-state index in [1.807, 2.05) is 49.4 Å². The number of aryl methyl sites for hydroxylation is 1. The molecule has 0 unspecified atom stereocenters. The fourth-order valence-corrected chi connectivity index (χ4v) is 5.28. The second-order valence-corrected chi connectivity index (χ2v) is 9.59. The number of carbonyl (C=O) groups is 1. The maximum absolute atomic E-state index is 13.3. The minimum atomic E-state index is -3.63. The SMILES string of the molecule is Cc1ccc(S(=O)(=O)N(Cc2ccccc2)CC2CCC(C(=O)O)CC2)cc1. The summed E-state index contributed by atoms with van der Waals surface area (Å²) in [6, 6.07) is 16.5. The quantitative estimate of drug-likeness (QED) is 0.759. The first-order chi connectivity index (χ1) is 13.4. The Kier molecular flexibility index (Phi) is 6.52. The molecular weight excluding hydrogens is 374 g/mol. The molecule has 0 radical (unpaired) electrons. The van der Waals surface area contributed by atoms with Gasteiger partial charge in [-0.1, -0.05) is 48.0 Å². The van der Waals surface area contributed by atoms with Crippen molar-refractivity contribution >= 4 is 16.0 Å². The lowest BCUT2D eigenvalue weighted by molar-refractivity contribution is -0.143. The smallest absolute Gasteiger partial charge is 0.306 e. The number of sulfonamides is 1. The van der Waals surface area contributed by atoms with E-state index in [4.69, 9.17) is 0 Å². The predicted molar refractivity (Wildman–Crippen MR) is 108 cm³/mol. The van der Waals surface area contributed by atoms with Crippen LogP contribution in [0, 0.1) is 18.8 Å². The topological polar surface area (TPSA) is 74.7 Å². The summed E-state index contributed by atoms with van der Waals surface area (Å²) in [7, 11) is -3.63. The van der Waals surface area contributed by atoms with Gasteiger partial charge >= 0.3 is 5.97 Å². The zero-order valence-corrected chi connectivity index (χ0v) is 16.9. The number of carboxylic acid groups (broad SMARTS) is 1. The summed E-state index contributed by atoms with van der Waals surface area (Å²) in [4.78, 5) is 11.5. The highest BCUT2D eigenvalue weighted by molar-refractivity contribution is 7.89. The Morgan fingerprint density at radius 1 is 1.00 bits per heavy atom. The molecule has 150 valence electrons. The van der Waals surface area contributed by atoms with Gasteiger partial charge in [-0.2, -0.15) is 4.31 Å². The van der Waals surface area contributed by atoms with E-state index < -0.39 is 16.0 Å². The molecule has 2 aromatic rings. The average Bonchev–Trinajstić information content (AvgIpc) is 2.69. The van der Waals surface area contributed by atoms with Gasteiger partial charge in [0.15, 0.2) is 0 Å². The summed E-state index contributed by atoms with van der Waals surface area (Å²) < 4.78 is 28.2. The zero-order valence-electron chi connectivity index (χ0n) is 16.1. The van der Waals surface area contributed by atoms with Gasteiger partial charge in [0.2, 0.25) is 10.0 Å².